The molecule has 0 aromatic carbocycles. The Kier molecular flexibility index (Phi) is 3.66. The van der Waals surface area contributed by atoms with Gasteiger partial charge in [0.05, 0.1) is 13.3 Å². The average molecular weight is 252 g/mol. The molecule has 0 spiro atoms. The molecule has 1 aromatic rings. The van der Waals surface area contributed by atoms with E-state index in [4.69, 9.17) is 4.74 Å². The standard InChI is InChI=1S/C14H24N2O2/c1-10(2)16-13(12(18-4)9-15-16)14(17)8-6-5-7-11(14)3/h9-11,17H,5-8H2,1-4H3. The quantitative estimate of drug-likeness (QED) is 0.899. The average Bonchev–Trinajstić information content (AvgIpc) is 2.77. The predicted octanol–water partition coefficient (Wildman–Crippen LogP) is 2.87. The van der Waals surface area contributed by atoms with Gasteiger partial charge in [-0.05, 0) is 32.6 Å². The zero-order chi connectivity index (χ0) is 13.3. The fraction of sp³-hybridized carbons (Fsp3) is 0.786. The molecular weight excluding hydrogens is 228 g/mol. The lowest BCUT2D eigenvalue weighted by atomic mass is 9.74. The largest absolute Gasteiger partial charge is 0.493 e. The van der Waals surface area contributed by atoms with Gasteiger partial charge in [0, 0.05) is 6.04 Å². The molecule has 0 saturated heterocycles. The van der Waals surface area contributed by atoms with Crippen LogP contribution in [-0.2, 0) is 5.60 Å². The van der Waals surface area contributed by atoms with E-state index >= 15 is 0 Å². The normalized spacial score (nSPS) is 28.7. The molecule has 1 heterocycles. The molecule has 102 valence electrons. The van der Waals surface area contributed by atoms with Gasteiger partial charge in [-0.25, -0.2) is 0 Å². The van der Waals surface area contributed by atoms with E-state index in [2.05, 4.69) is 25.9 Å². The zero-order valence-corrected chi connectivity index (χ0v) is 11.8. The first-order valence-corrected chi connectivity index (χ1v) is 6.85. The number of methoxy groups -OCH3 is 1. The summed E-state index contributed by atoms with van der Waals surface area (Å²) in [6.45, 7) is 6.27. The molecule has 1 N–H and O–H groups in total. The van der Waals surface area contributed by atoms with E-state index in [-0.39, 0.29) is 12.0 Å². The van der Waals surface area contributed by atoms with Gasteiger partial charge in [0.15, 0.2) is 5.75 Å². The second-order valence-electron chi connectivity index (χ2n) is 5.67. The van der Waals surface area contributed by atoms with Gasteiger partial charge in [-0.1, -0.05) is 19.8 Å². The van der Waals surface area contributed by atoms with Crippen LogP contribution in [0, 0.1) is 5.92 Å². The molecule has 0 aliphatic heterocycles. The van der Waals surface area contributed by atoms with Gasteiger partial charge in [0.2, 0.25) is 0 Å². The van der Waals surface area contributed by atoms with Crippen molar-refractivity contribution in [3.8, 4) is 5.75 Å². The summed E-state index contributed by atoms with van der Waals surface area (Å²) < 4.78 is 7.30. The minimum Gasteiger partial charge on any atom is -0.493 e. The second-order valence-corrected chi connectivity index (χ2v) is 5.67. The molecule has 1 saturated carbocycles. The van der Waals surface area contributed by atoms with Gasteiger partial charge in [0.25, 0.3) is 0 Å². The number of aromatic nitrogens is 2. The molecular formula is C14H24N2O2. The van der Waals surface area contributed by atoms with E-state index in [1.807, 2.05) is 4.68 Å². The Bertz CT molecular complexity index is 414. The lowest BCUT2D eigenvalue weighted by Crippen LogP contribution is -2.39. The minimum absolute atomic E-state index is 0.224. The summed E-state index contributed by atoms with van der Waals surface area (Å²) in [6.07, 6.45) is 5.83. The molecule has 4 heteroatoms. The van der Waals surface area contributed by atoms with Crippen LogP contribution in [0.2, 0.25) is 0 Å². The van der Waals surface area contributed by atoms with Crippen LogP contribution < -0.4 is 4.74 Å². The maximum atomic E-state index is 11.1. The first kappa shape index (κ1) is 13.4. The monoisotopic (exact) mass is 252 g/mol. The molecule has 1 aliphatic rings. The summed E-state index contributed by atoms with van der Waals surface area (Å²) in [5.74, 6) is 0.953. The molecule has 0 radical (unpaired) electrons. The lowest BCUT2D eigenvalue weighted by molar-refractivity contribution is -0.0563. The Hall–Kier alpha value is -1.03. The molecule has 1 aromatic heterocycles. The third-order valence-corrected chi connectivity index (χ3v) is 4.14. The highest BCUT2D eigenvalue weighted by molar-refractivity contribution is 5.32. The maximum Gasteiger partial charge on any atom is 0.162 e. The molecule has 2 atom stereocenters. The van der Waals surface area contributed by atoms with Gasteiger partial charge in [-0.15, -0.1) is 0 Å². The van der Waals surface area contributed by atoms with Crippen molar-refractivity contribution in [3.63, 3.8) is 0 Å². The van der Waals surface area contributed by atoms with Gasteiger partial charge >= 0.3 is 0 Å². The van der Waals surface area contributed by atoms with Gasteiger partial charge < -0.3 is 9.84 Å². The number of rotatable bonds is 3. The summed E-state index contributed by atoms with van der Waals surface area (Å²) >= 11 is 0. The third kappa shape index (κ3) is 2.03. The van der Waals surface area contributed by atoms with E-state index in [9.17, 15) is 5.11 Å². The van der Waals surface area contributed by atoms with Crippen LogP contribution in [0.3, 0.4) is 0 Å². The fourth-order valence-electron chi connectivity index (χ4n) is 2.98. The second kappa shape index (κ2) is 4.92. The highest BCUT2D eigenvalue weighted by Crippen LogP contribution is 2.45. The van der Waals surface area contributed by atoms with Gasteiger partial charge in [-0.3, -0.25) is 4.68 Å². The predicted molar refractivity (Wildman–Crippen MR) is 70.7 cm³/mol. The van der Waals surface area contributed by atoms with Crippen LogP contribution in [0.5, 0.6) is 5.75 Å². The van der Waals surface area contributed by atoms with Crippen LogP contribution in [0.4, 0.5) is 0 Å². The fourth-order valence-corrected chi connectivity index (χ4v) is 2.98. The summed E-state index contributed by atoms with van der Waals surface area (Å²) in [4.78, 5) is 0. The van der Waals surface area contributed by atoms with Crippen molar-refractivity contribution in [2.24, 2.45) is 5.92 Å². The number of aliphatic hydroxyl groups is 1. The number of hydrogen-bond acceptors (Lipinski definition) is 3. The Labute approximate surface area is 109 Å². The van der Waals surface area contributed by atoms with E-state index < -0.39 is 5.60 Å². The van der Waals surface area contributed by atoms with Crippen LogP contribution in [0.1, 0.15) is 58.2 Å². The van der Waals surface area contributed by atoms with Gasteiger partial charge in [0.1, 0.15) is 11.3 Å². The molecule has 0 amide bonds. The van der Waals surface area contributed by atoms with Crippen molar-refractivity contribution in [1.82, 2.24) is 9.78 Å². The molecule has 2 unspecified atom stereocenters. The number of nitrogens with zero attached hydrogens (tertiary/aromatic N) is 2. The Morgan fingerprint density at radius 3 is 2.78 bits per heavy atom. The van der Waals surface area contributed by atoms with Crippen LogP contribution in [-0.4, -0.2) is 22.0 Å². The Morgan fingerprint density at radius 2 is 2.22 bits per heavy atom. The molecule has 18 heavy (non-hydrogen) atoms. The summed E-state index contributed by atoms with van der Waals surface area (Å²) in [5.41, 5.74) is 0.0527. The highest BCUT2D eigenvalue weighted by Gasteiger charge is 2.43. The maximum absolute atomic E-state index is 11.1. The summed E-state index contributed by atoms with van der Waals surface area (Å²) in [7, 11) is 1.64. The van der Waals surface area contributed by atoms with E-state index in [1.54, 1.807) is 13.3 Å². The Morgan fingerprint density at radius 1 is 1.50 bits per heavy atom. The SMILES string of the molecule is COc1cnn(C(C)C)c1C1(O)CCCCC1C. The molecule has 1 aliphatic carbocycles. The third-order valence-electron chi connectivity index (χ3n) is 4.14. The van der Waals surface area contributed by atoms with Crippen molar-refractivity contribution in [2.45, 2.75) is 58.1 Å². The van der Waals surface area contributed by atoms with Crippen molar-refractivity contribution in [2.75, 3.05) is 7.11 Å². The Balaban J connectivity index is 2.50. The topological polar surface area (TPSA) is 47.3 Å². The van der Waals surface area contributed by atoms with Crippen LogP contribution in [0.25, 0.3) is 0 Å². The van der Waals surface area contributed by atoms with Gasteiger partial charge in [-0.2, -0.15) is 5.10 Å². The molecule has 2 rings (SSSR count). The summed E-state index contributed by atoms with van der Waals surface area (Å²) in [6, 6.07) is 0.224. The van der Waals surface area contributed by atoms with Crippen molar-refractivity contribution >= 4 is 0 Å². The van der Waals surface area contributed by atoms with Crippen LogP contribution in [0.15, 0.2) is 6.20 Å². The molecule has 1 fully saturated rings. The number of hydrogen-bond donors (Lipinski definition) is 1. The van der Waals surface area contributed by atoms with E-state index in [0.717, 1.165) is 25.0 Å². The van der Waals surface area contributed by atoms with Crippen LogP contribution >= 0.6 is 0 Å². The highest BCUT2D eigenvalue weighted by atomic mass is 16.5. The lowest BCUT2D eigenvalue weighted by Gasteiger charge is -2.39. The first-order valence-electron chi connectivity index (χ1n) is 6.85. The zero-order valence-electron chi connectivity index (χ0n) is 11.8. The van der Waals surface area contributed by atoms with Crippen molar-refractivity contribution < 1.29 is 9.84 Å². The van der Waals surface area contributed by atoms with Crippen molar-refractivity contribution in [3.05, 3.63) is 11.9 Å². The smallest absolute Gasteiger partial charge is 0.162 e. The minimum atomic E-state index is -0.801. The molecule has 4 nitrogen and oxygen atoms in total. The molecule has 0 bridgehead atoms. The first-order chi connectivity index (χ1) is 8.50. The van der Waals surface area contributed by atoms with E-state index in [0.29, 0.717) is 5.75 Å². The van der Waals surface area contributed by atoms with E-state index in [1.165, 1.54) is 6.42 Å². The van der Waals surface area contributed by atoms with Crippen molar-refractivity contribution in [1.29, 1.82) is 0 Å². The summed E-state index contributed by atoms with van der Waals surface area (Å²) in [5, 5.41) is 15.5. The number of ether oxygens (including phenoxy) is 1.